The van der Waals surface area contributed by atoms with Crippen LogP contribution in [0.4, 0.5) is 5.69 Å². The van der Waals surface area contributed by atoms with E-state index in [4.69, 9.17) is 16.6 Å². The number of phenols is 1. The molecule has 3 rings (SSSR count). The van der Waals surface area contributed by atoms with Gasteiger partial charge in [0.1, 0.15) is 15.8 Å². The van der Waals surface area contributed by atoms with E-state index >= 15 is 0 Å². The molecule has 25 heavy (non-hydrogen) atoms. The number of benzene rings is 1. The summed E-state index contributed by atoms with van der Waals surface area (Å²) in [6.45, 7) is 0.166. The van der Waals surface area contributed by atoms with Gasteiger partial charge in [-0.05, 0) is 24.3 Å². The van der Waals surface area contributed by atoms with Gasteiger partial charge in [-0.1, -0.05) is 36.1 Å². The Labute approximate surface area is 153 Å². The summed E-state index contributed by atoms with van der Waals surface area (Å²) < 4.78 is 5.60. The van der Waals surface area contributed by atoms with Gasteiger partial charge in [-0.25, -0.2) is 0 Å². The zero-order chi connectivity index (χ0) is 17.8. The number of nitrogens with one attached hydrogen (secondary N) is 1. The summed E-state index contributed by atoms with van der Waals surface area (Å²) in [4.78, 5) is 26.3. The van der Waals surface area contributed by atoms with Crippen molar-refractivity contribution in [3.8, 4) is 5.75 Å². The highest BCUT2D eigenvalue weighted by atomic mass is 32.2. The number of hydrogen-bond acceptors (Lipinski definition) is 6. The molecule has 2 aromatic rings. The van der Waals surface area contributed by atoms with E-state index in [1.165, 1.54) is 29.0 Å². The summed E-state index contributed by atoms with van der Waals surface area (Å²) in [7, 11) is 0. The molecule has 128 valence electrons. The number of nitrogens with zero attached hydrogens (tertiary/aromatic N) is 1. The van der Waals surface area contributed by atoms with Crippen LogP contribution in [0.3, 0.4) is 0 Å². The molecule has 2 heterocycles. The average molecular weight is 374 g/mol. The number of para-hydroxylation sites is 2. The van der Waals surface area contributed by atoms with Crippen LogP contribution in [0.1, 0.15) is 12.2 Å². The van der Waals surface area contributed by atoms with E-state index in [-0.39, 0.29) is 30.5 Å². The minimum atomic E-state index is -0.314. The molecule has 0 radical (unpaired) electrons. The average Bonchev–Trinajstić information content (AvgIpc) is 3.18. The van der Waals surface area contributed by atoms with Gasteiger partial charge in [0, 0.05) is 19.0 Å². The SMILES string of the molecule is O=C(CCN1C(=O)/C(=C\c2ccco2)SC1=S)Nc1ccccc1O. The number of thioether (sulfide) groups is 1. The maximum Gasteiger partial charge on any atom is 0.266 e. The molecule has 1 aromatic carbocycles. The largest absolute Gasteiger partial charge is 0.506 e. The molecule has 1 aliphatic rings. The monoisotopic (exact) mass is 374 g/mol. The predicted molar refractivity (Wildman–Crippen MR) is 99.9 cm³/mol. The van der Waals surface area contributed by atoms with Crippen LogP contribution < -0.4 is 5.32 Å². The van der Waals surface area contributed by atoms with Crippen LogP contribution in [0.2, 0.25) is 0 Å². The molecular weight excluding hydrogens is 360 g/mol. The summed E-state index contributed by atoms with van der Waals surface area (Å²) in [6, 6.07) is 9.92. The van der Waals surface area contributed by atoms with Crippen molar-refractivity contribution < 1.29 is 19.1 Å². The van der Waals surface area contributed by atoms with Crippen LogP contribution in [-0.2, 0) is 9.59 Å². The number of hydrogen-bond donors (Lipinski definition) is 2. The lowest BCUT2D eigenvalue weighted by Crippen LogP contribution is -2.31. The second-order valence-electron chi connectivity index (χ2n) is 5.16. The first-order valence-electron chi connectivity index (χ1n) is 7.41. The number of rotatable bonds is 5. The molecule has 1 aliphatic heterocycles. The van der Waals surface area contributed by atoms with E-state index in [9.17, 15) is 14.7 Å². The topological polar surface area (TPSA) is 82.8 Å². The van der Waals surface area contributed by atoms with E-state index in [0.29, 0.717) is 20.7 Å². The molecule has 2 amide bonds. The van der Waals surface area contributed by atoms with Crippen LogP contribution in [0.15, 0.2) is 52.0 Å². The van der Waals surface area contributed by atoms with Crippen molar-refractivity contribution in [1.82, 2.24) is 4.90 Å². The zero-order valence-electron chi connectivity index (χ0n) is 13.0. The van der Waals surface area contributed by atoms with Crippen molar-refractivity contribution in [3.63, 3.8) is 0 Å². The molecule has 0 saturated carbocycles. The van der Waals surface area contributed by atoms with Gasteiger partial charge >= 0.3 is 0 Å². The minimum absolute atomic E-state index is 0.0113. The van der Waals surface area contributed by atoms with Crippen molar-refractivity contribution in [2.45, 2.75) is 6.42 Å². The first-order valence-corrected chi connectivity index (χ1v) is 8.64. The second kappa shape index (κ2) is 7.54. The van der Waals surface area contributed by atoms with Crippen molar-refractivity contribution in [3.05, 3.63) is 53.3 Å². The number of thiocarbonyl (C=S) groups is 1. The third kappa shape index (κ3) is 4.09. The molecule has 2 N–H and O–H groups in total. The van der Waals surface area contributed by atoms with Crippen molar-refractivity contribution in [1.29, 1.82) is 0 Å². The molecule has 1 saturated heterocycles. The van der Waals surface area contributed by atoms with Gasteiger partial charge < -0.3 is 14.8 Å². The van der Waals surface area contributed by atoms with Gasteiger partial charge in [-0.3, -0.25) is 14.5 Å². The van der Waals surface area contributed by atoms with Crippen LogP contribution >= 0.6 is 24.0 Å². The van der Waals surface area contributed by atoms with Gasteiger partial charge in [-0.15, -0.1) is 0 Å². The van der Waals surface area contributed by atoms with Gasteiger partial charge in [-0.2, -0.15) is 0 Å². The highest BCUT2D eigenvalue weighted by Gasteiger charge is 2.32. The van der Waals surface area contributed by atoms with E-state index in [1.54, 1.807) is 36.4 Å². The van der Waals surface area contributed by atoms with E-state index in [2.05, 4.69) is 5.32 Å². The maximum atomic E-state index is 12.4. The van der Waals surface area contributed by atoms with Gasteiger partial charge in [0.2, 0.25) is 5.91 Å². The Kier molecular flexibility index (Phi) is 5.20. The Hall–Kier alpha value is -2.58. The number of amides is 2. The fourth-order valence-electron chi connectivity index (χ4n) is 2.20. The van der Waals surface area contributed by atoms with Crippen LogP contribution in [-0.4, -0.2) is 32.7 Å². The molecule has 6 nitrogen and oxygen atoms in total. The Morgan fingerprint density at radius 3 is 2.84 bits per heavy atom. The highest BCUT2D eigenvalue weighted by molar-refractivity contribution is 8.26. The molecule has 1 fully saturated rings. The Morgan fingerprint density at radius 1 is 1.32 bits per heavy atom. The summed E-state index contributed by atoms with van der Waals surface area (Å²) >= 11 is 6.39. The van der Waals surface area contributed by atoms with Gasteiger partial charge in [0.05, 0.1) is 16.9 Å². The first kappa shape index (κ1) is 17.2. The third-order valence-electron chi connectivity index (χ3n) is 3.43. The summed E-state index contributed by atoms with van der Waals surface area (Å²) in [5.41, 5.74) is 0.329. The number of phenolic OH excluding ortho intramolecular Hbond substituents is 1. The van der Waals surface area contributed by atoms with Crippen molar-refractivity contribution in [2.24, 2.45) is 0 Å². The van der Waals surface area contributed by atoms with Crippen LogP contribution in [0, 0.1) is 0 Å². The predicted octanol–water partition coefficient (Wildman–Crippen LogP) is 3.22. The fourth-order valence-corrected chi connectivity index (χ4v) is 3.49. The standard InChI is InChI=1S/C17H14N2O4S2/c20-13-6-2-1-5-12(13)18-15(21)7-8-19-16(22)14(25-17(19)24)10-11-4-3-9-23-11/h1-6,9-10,20H,7-8H2,(H,18,21)/b14-10+. The number of carbonyl (C=O) groups excluding carboxylic acids is 2. The summed E-state index contributed by atoms with van der Waals surface area (Å²) in [5, 5.41) is 12.3. The lowest BCUT2D eigenvalue weighted by Gasteiger charge is -2.14. The van der Waals surface area contributed by atoms with Crippen molar-refractivity contribution >= 4 is 51.9 Å². The number of furan rings is 1. The smallest absolute Gasteiger partial charge is 0.266 e. The normalized spacial score (nSPS) is 15.8. The molecule has 8 heteroatoms. The maximum absolute atomic E-state index is 12.4. The minimum Gasteiger partial charge on any atom is -0.506 e. The van der Waals surface area contributed by atoms with Gasteiger partial charge in [0.15, 0.2) is 0 Å². The van der Waals surface area contributed by atoms with E-state index in [1.807, 2.05) is 0 Å². The number of carbonyl (C=O) groups is 2. The quantitative estimate of drug-likeness (QED) is 0.475. The lowest BCUT2D eigenvalue weighted by molar-refractivity contribution is -0.122. The molecule has 0 bridgehead atoms. The van der Waals surface area contributed by atoms with Crippen molar-refractivity contribution in [2.75, 3.05) is 11.9 Å². The second-order valence-corrected chi connectivity index (χ2v) is 6.84. The number of aromatic hydroxyl groups is 1. The van der Waals surface area contributed by atoms with Crippen LogP contribution in [0.5, 0.6) is 5.75 Å². The van der Waals surface area contributed by atoms with Gasteiger partial charge in [0.25, 0.3) is 5.91 Å². The summed E-state index contributed by atoms with van der Waals surface area (Å²) in [5.74, 6) is -0.00652. The molecule has 0 unspecified atom stereocenters. The Balaban J connectivity index is 1.59. The van der Waals surface area contributed by atoms with E-state index in [0.717, 1.165) is 0 Å². The lowest BCUT2D eigenvalue weighted by atomic mass is 10.2. The van der Waals surface area contributed by atoms with E-state index < -0.39 is 0 Å². The first-order chi connectivity index (χ1) is 12.0. The number of anilines is 1. The Morgan fingerprint density at radius 2 is 2.12 bits per heavy atom. The molecule has 0 spiro atoms. The zero-order valence-corrected chi connectivity index (χ0v) is 14.6. The fraction of sp³-hybridized carbons (Fsp3) is 0.118. The highest BCUT2D eigenvalue weighted by Crippen LogP contribution is 2.32. The third-order valence-corrected chi connectivity index (χ3v) is 4.81. The molecule has 0 atom stereocenters. The molecular formula is C17H14N2O4S2. The Bertz CT molecular complexity index is 846. The molecule has 0 aliphatic carbocycles. The van der Waals surface area contributed by atoms with Crippen LogP contribution in [0.25, 0.3) is 6.08 Å². The summed E-state index contributed by atoms with van der Waals surface area (Å²) in [6.07, 6.45) is 3.21. The molecule has 1 aromatic heterocycles.